The number of amides is 1. The van der Waals surface area contributed by atoms with Crippen molar-refractivity contribution in [1.82, 2.24) is 0 Å². The van der Waals surface area contributed by atoms with Crippen molar-refractivity contribution in [2.24, 2.45) is 0 Å². The lowest BCUT2D eigenvalue weighted by atomic mass is 10.1. The smallest absolute Gasteiger partial charge is 0.338 e. The zero-order valence-corrected chi connectivity index (χ0v) is 12.7. The summed E-state index contributed by atoms with van der Waals surface area (Å²) in [6.07, 6.45) is 0. The summed E-state index contributed by atoms with van der Waals surface area (Å²) in [6, 6.07) is 12.9. The van der Waals surface area contributed by atoms with Crippen molar-refractivity contribution >= 4 is 23.5 Å². The average Bonchev–Trinajstić information content (AvgIpc) is 2.61. The summed E-state index contributed by atoms with van der Waals surface area (Å²) in [6.45, 7) is 0. The lowest BCUT2D eigenvalue weighted by molar-refractivity contribution is 0.0555. The van der Waals surface area contributed by atoms with E-state index in [0.29, 0.717) is 11.3 Å². The summed E-state index contributed by atoms with van der Waals surface area (Å²) < 4.78 is 9.28. The molecule has 118 valence electrons. The highest BCUT2D eigenvalue weighted by molar-refractivity contribution is 6.07. The van der Waals surface area contributed by atoms with Gasteiger partial charge in [0.05, 0.1) is 25.3 Å². The maximum atomic E-state index is 12.1. The lowest BCUT2D eigenvalue weighted by Crippen LogP contribution is -2.15. The average molecular weight is 313 g/mol. The van der Waals surface area contributed by atoms with E-state index in [-0.39, 0.29) is 17.0 Å². The van der Waals surface area contributed by atoms with Gasteiger partial charge in [-0.1, -0.05) is 18.2 Å². The van der Waals surface area contributed by atoms with Crippen LogP contribution in [0.5, 0.6) is 0 Å². The Kier molecular flexibility index (Phi) is 5.09. The normalized spacial score (nSPS) is 9.83. The standard InChI is InChI=1S/C17H15NO5/c1-22-16(20)13-9-8-12(10-14(13)17(21)23-2)18-15(19)11-6-4-3-5-7-11/h3-10H,1-2H3,(H,18,19). The molecule has 23 heavy (non-hydrogen) atoms. The number of hydrogen-bond acceptors (Lipinski definition) is 5. The molecule has 0 saturated heterocycles. The first kappa shape index (κ1) is 16.2. The van der Waals surface area contributed by atoms with Gasteiger partial charge in [-0.3, -0.25) is 4.79 Å². The van der Waals surface area contributed by atoms with E-state index >= 15 is 0 Å². The molecule has 0 unspecified atom stereocenters. The second-order valence-electron chi connectivity index (χ2n) is 4.56. The van der Waals surface area contributed by atoms with Crippen molar-refractivity contribution in [1.29, 1.82) is 0 Å². The molecule has 1 N–H and O–H groups in total. The Hall–Kier alpha value is -3.15. The van der Waals surface area contributed by atoms with Crippen LogP contribution in [0.3, 0.4) is 0 Å². The molecule has 2 aromatic carbocycles. The highest BCUT2D eigenvalue weighted by Crippen LogP contribution is 2.19. The molecule has 0 saturated carbocycles. The number of carbonyl (C=O) groups is 3. The zero-order valence-electron chi connectivity index (χ0n) is 12.7. The van der Waals surface area contributed by atoms with Gasteiger partial charge in [0.15, 0.2) is 0 Å². The Balaban J connectivity index is 2.32. The molecule has 0 radical (unpaired) electrons. The van der Waals surface area contributed by atoms with Crippen LogP contribution in [0.15, 0.2) is 48.5 Å². The van der Waals surface area contributed by atoms with Gasteiger partial charge in [0.25, 0.3) is 5.91 Å². The van der Waals surface area contributed by atoms with E-state index in [1.165, 1.54) is 32.4 Å². The van der Waals surface area contributed by atoms with Crippen molar-refractivity contribution in [3.63, 3.8) is 0 Å². The van der Waals surface area contributed by atoms with Gasteiger partial charge >= 0.3 is 11.9 Å². The summed E-state index contributed by atoms with van der Waals surface area (Å²) in [5, 5.41) is 2.66. The van der Waals surface area contributed by atoms with Crippen molar-refractivity contribution in [2.75, 3.05) is 19.5 Å². The van der Waals surface area contributed by atoms with Crippen LogP contribution in [0.2, 0.25) is 0 Å². The molecule has 0 aliphatic rings. The fourth-order valence-electron chi connectivity index (χ4n) is 1.98. The Morgan fingerprint density at radius 3 is 2.04 bits per heavy atom. The van der Waals surface area contributed by atoms with Crippen LogP contribution in [0.1, 0.15) is 31.1 Å². The van der Waals surface area contributed by atoms with Crippen molar-refractivity contribution in [3.8, 4) is 0 Å². The highest BCUT2D eigenvalue weighted by atomic mass is 16.5. The molecule has 0 aliphatic heterocycles. The number of ether oxygens (including phenoxy) is 2. The molecule has 0 bridgehead atoms. The van der Waals surface area contributed by atoms with Gasteiger partial charge in [0.1, 0.15) is 0 Å². The molecule has 0 atom stereocenters. The minimum atomic E-state index is -0.693. The summed E-state index contributed by atoms with van der Waals surface area (Å²) in [5.41, 5.74) is 0.929. The molecule has 2 rings (SSSR count). The first-order valence-corrected chi connectivity index (χ1v) is 6.74. The number of esters is 2. The molecule has 0 aromatic heterocycles. The molecule has 6 nitrogen and oxygen atoms in total. The second kappa shape index (κ2) is 7.22. The number of rotatable bonds is 4. The van der Waals surface area contributed by atoms with Gasteiger partial charge < -0.3 is 14.8 Å². The maximum Gasteiger partial charge on any atom is 0.338 e. The SMILES string of the molecule is COC(=O)c1ccc(NC(=O)c2ccccc2)cc1C(=O)OC. The molecular formula is C17H15NO5. The fraction of sp³-hybridized carbons (Fsp3) is 0.118. The van der Waals surface area contributed by atoms with E-state index in [4.69, 9.17) is 0 Å². The largest absolute Gasteiger partial charge is 0.465 e. The van der Waals surface area contributed by atoms with Crippen molar-refractivity contribution in [3.05, 3.63) is 65.2 Å². The Morgan fingerprint density at radius 2 is 1.43 bits per heavy atom. The van der Waals surface area contributed by atoms with Gasteiger partial charge in [-0.15, -0.1) is 0 Å². The number of methoxy groups -OCH3 is 2. The van der Waals surface area contributed by atoms with Crippen LogP contribution in [0, 0.1) is 0 Å². The lowest BCUT2D eigenvalue weighted by Gasteiger charge is -2.10. The van der Waals surface area contributed by atoms with E-state index in [1.807, 2.05) is 0 Å². The second-order valence-corrected chi connectivity index (χ2v) is 4.56. The predicted molar refractivity (Wildman–Crippen MR) is 83.5 cm³/mol. The van der Waals surface area contributed by atoms with Gasteiger partial charge in [-0.05, 0) is 30.3 Å². The molecule has 2 aromatic rings. The third-order valence-corrected chi connectivity index (χ3v) is 3.12. The minimum absolute atomic E-state index is 0.0187. The quantitative estimate of drug-likeness (QED) is 0.877. The van der Waals surface area contributed by atoms with Gasteiger partial charge in [-0.2, -0.15) is 0 Å². The molecular weight excluding hydrogens is 298 g/mol. The minimum Gasteiger partial charge on any atom is -0.465 e. The third-order valence-electron chi connectivity index (χ3n) is 3.12. The molecule has 0 aliphatic carbocycles. The van der Waals surface area contributed by atoms with Crippen molar-refractivity contribution < 1.29 is 23.9 Å². The zero-order chi connectivity index (χ0) is 16.8. The predicted octanol–water partition coefficient (Wildman–Crippen LogP) is 2.51. The topological polar surface area (TPSA) is 81.7 Å². The summed E-state index contributed by atoms with van der Waals surface area (Å²) in [7, 11) is 2.42. The van der Waals surface area contributed by atoms with Crippen LogP contribution in [0.4, 0.5) is 5.69 Å². The summed E-state index contributed by atoms with van der Waals surface area (Å²) in [4.78, 5) is 35.6. The van der Waals surface area contributed by atoms with Crippen LogP contribution in [-0.4, -0.2) is 32.1 Å². The fourth-order valence-corrected chi connectivity index (χ4v) is 1.98. The monoisotopic (exact) mass is 313 g/mol. The van der Waals surface area contributed by atoms with E-state index in [9.17, 15) is 14.4 Å². The van der Waals surface area contributed by atoms with Crippen molar-refractivity contribution in [2.45, 2.75) is 0 Å². The third kappa shape index (κ3) is 3.74. The van der Waals surface area contributed by atoms with Crippen LogP contribution >= 0.6 is 0 Å². The van der Waals surface area contributed by atoms with Gasteiger partial charge in [0, 0.05) is 11.3 Å². The molecule has 0 spiro atoms. The Bertz CT molecular complexity index is 740. The van der Waals surface area contributed by atoms with Gasteiger partial charge in [-0.25, -0.2) is 9.59 Å². The van der Waals surface area contributed by atoms with E-state index < -0.39 is 11.9 Å². The van der Waals surface area contributed by atoms with E-state index in [2.05, 4.69) is 14.8 Å². The number of benzene rings is 2. The van der Waals surface area contributed by atoms with Crippen LogP contribution in [-0.2, 0) is 9.47 Å². The van der Waals surface area contributed by atoms with Gasteiger partial charge in [0.2, 0.25) is 0 Å². The van der Waals surface area contributed by atoms with Crippen LogP contribution < -0.4 is 5.32 Å². The highest BCUT2D eigenvalue weighted by Gasteiger charge is 2.19. The number of anilines is 1. The molecule has 0 fully saturated rings. The first-order valence-electron chi connectivity index (χ1n) is 6.74. The van der Waals surface area contributed by atoms with Crippen LogP contribution in [0.25, 0.3) is 0 Å². The van der Waals surface area contributed by atoms with E-state index in [0.717, 1.165) is 0 Å². The number of hydrogen-bond donors (Lipinski definition) is 1. The molecule has 1 amide bonds. The summed E-state index contributed by atoms with van der Waals surface area (Å²) in [5.74, 6) is -1.68. The number of carbonyl (C=O) groups excluding carboxylic acids is 3. The molecule has 6 heteroatoms. The summed E-state index contributed by atoms with van der Waals surface area (Å²) >= 11 is 0. The Morgan fingerprint density at radius 1 is 0.826 bits per heavy atom. The van der Waals surface area contributed by atoms with E-state index in [1.54, 1.807) is 30.3 Å². The molecule has 0 heterocycles. The maximum absolute atomic E-state index is 12.1. The Labute approximate surface area is 133 Å². The number of nitrogens with one attached hydrogen (secondary N) is 1. The first-order chi connectivity index (χ1) is 11.1.